The average molecular weight is 451 g/mol. The Labute approximate surface area is 189 Å². The number of methoxy groups -OCH3 is 1. The first-order valence-electron chi connectivity index (χ1n) is 9.94. The molecule has 1 amide bonds. The first-order valence-corrected chi connectivity index (χ1v) is 10.3. The SMILES string of the molecule is COC(=O)c1cc2cc(C(=O)NCc3ccccc3)ccc2n1Cc1ccc(Cl)c(F)c1. The number of aromatic nitrogens is 1. The van der Waals surface area contributed by atoms with Crippen molar-refractivity contribution in [2.75, 3.05) is 7.11 Å². The number of nitrogens with zero attached hydrogens (tertiary/aromatic N) is 1. The lowest BCUT2D eigenvalue weighted by atomic mass is 10.1. The molecule has 0 aliphatic carbocycles. The van der Waals surface area contributed by atoms with Crippen LogP contribution in [-0.4, -0.2) is 23.6 Å². The lowest BCUT2D eigenvalue weighted by Crippen LogP contribution is -2.22. The second-order valence-corrected chi connectivity index (χ2v) is 7.70. The zero-order valence-electron chi connectivity index (χ0n) is 17.3. The smallest absolute Gasteiger partial charge is 0.354 e. The second-order valence-electron chi connectivity index (χ2n) is 7.30. The highest BCUT2D eigenvalue weighted by atomic mass is 35.5. The van der Waals surface area contributed by atoms with E-state index in [1.807, 2.05) is 30.3 Å². The number of rotatable bonds is 6. The summed E-state index contributed by atoms with van der Waals surface area (Å²) in [5.41, 5.74) is 3.13. The van der Waals surface area contributed by atoms with Gasteiger partial charge >= 0.3 is 5.97 Å². The monoisotopic (exact) mass is 450 g/mol. The predicted octanol–water partition coefficient (Wildman–Crippen LogP) is 5.20. The predicted molar refractivity (Wildman–Crippen MR) is 121 cm³/mol. The molecule has 0 aliphatic rings. The van der Waals surface area contributed by atoms with Crippen LogP contribution >= 0.6 is 11.6 Å². The number of carbonyl (C=O) groups is 2. The molecule has 0 unspecified atom stereocenters. The third kappa shape index (κ3) is 4.50. The van der Waals surface area contributed by atoms with Crippen LogP contribution in [0.15, 0.2) is 72.8 Å². The van der Waals surface area contributed by atoms with E-state index in [-0.39, 0.29) is 17.5 Å². The number of hydrogen-bond donors (Lipinski definition) is 1. The van der Waals surface area contributed by atoms with E-state index < -0.39 is 11.8 Å². The number of amides is 1. The summed E-state index contributed by atoms with van der Waals surface area (Å²) < 4.78 is 20.6. The maximum atomic E-state index is 13.9. The van der Waals surface area contributed by atoms with Crippen molar-refractivity contribution in [3.63, 3.8) is 0 Å². The summed E-state index contributed by atoms with van der Waals surface area (Å²) in [6, 6.07) is 21.0. The number of esters is 1. The van der Waals surface area contributed by atoms with Crippen molar-refractivity contribution in [2.45, 2.75) is 13.1 Å². The molecule has 162 valence electrons. The van der Waals surface area contributed by atoms with E-state index in [0.717, 1.165) is 11.1 Å². The molecule has 5 nitrogen and oxygen atoms in total. The molecule has 32 heavy (non-hydrogen) atoms. The van der Waals surface area contributed by atoms with E-state index in [1.165, 1.54) is 19.2 Å². The molecular formula is C25H20ClFN2O3. The first kappa shape index (κ1) is 21.6. The molecule has 4 rings (SSSR count). The molecule has 0 spiro atoms. The van der Waals surface area contributed by atoms with E-state index in [0.29, 0.717) is 28.8 Å². The van der Waals surface area contributed by atoms with Gasteiger partial charge in [-0.1, -0.05) is 48.0 Å². The zero-order chi connectivity index (χ0) is 22.7. The highest BCUT2D eigenvalue weighted by Crippen LogP contribution is 2.25. The van der Waals surface area contributed by atoms with Gasteiger partial charge in [0.2, 0.25) is 0 Å². The lowest BCUT2D eigenvalue weighted by Gasteiger charge is -2.11. The Morgan fingerprint density at radius 1 is 1.00 bits per heavy atom. The molecular weight excluding hydrogens is 431 g/mol. The van der Waals surface area contributed by atoms with Crippen molar-refractivity contribution < 1.29 is 18.7 Å². The fourth-order valence-electron chi connectivity index (χ4n) is 3.56. The van der Waals surface area contributed by atoms with Gasteiger partial charge in [0.15, 0.2) is 0 Å². The van der Waals surface area contributed by atoms with E-state index in [1.54, 1.807) is 34.9 Å². The van der Waals surface area contributed by atoms with Crippen molar-refractivity contribution in [2.24, 2.45) is 0 Å². The molecule has 0 saturated carbocycles. The summed E-state index contributed by atoms with van der Waals surface area (Å²) in [5.74, 6) is -1.27. The van der Waals surface area contributed by atoms with Gasteiger partial charge < -0.3 is 14.6 Å². The van der Waals surface area contributed by atoms with Crippen molar-refractivity contribution in [3.05, 3.63) is 106 Å². The molecule has 0 saturated heterocycles. The molecule has 1 heterocycles. The standard InChI is InChI=1S/C25H20ClFN2O3/c1-32-25(31)23-13-19-12-18(24(30)28-14-16-5-3-2-4-6-16)8-10-22(19)29(23)15-17-7-9-20(26)21(27)11-17/h2-13H,14-15H2,1H3,(H,28,30). The Hall–Kier alpha value is -3.64. The second kappa shape index (κ2) is 9.24. The maximum absolute atomic E-state index is 13.9. The summed E-state index contributed by atoms with van der Waals surface area (Å²) >= 11 is 5.78. The Morgan fingerprint density at radius 2 is 1.78 bits per heavy atom. The summed E-state index contributed by atoms with van der Waals surface area (Å²) in [4.78, 5) is 25.0. The molecule has 4 aromatic rings. The third-order valence-corrected chi connectivity index (χ3v) is 5.49. The summed E-state index contributed by atoms with van der Waals surface area (Å²) in [7, 11) is 1.30. The van der Waals surface area contributed by atoms with Crippen LogP contribution in [0.2, 0.25) is 5.02 Å². The first-order chi connectivity index (χ1) is 15.5. The van der Waals surface area contributed by atoms with Gasteiger partial charge in [0.25, 0.3) is 5.91 Å². The van der Waals surface area contributed by atoms with Crippen LogP contribution in [-0.2, 0) is 17.8 Å². The quantitative estimate of drug-likeness (QED) is 0.411. The number of carbonyl (C=O) groups excluding carboxylic acids is 2. The number of hydrogen-bond acceptors (Lipinski definition) is 3. The fraction of sp³-hybridized carbons (Fsp3) is 0.120. The van der Waals surface area contributed by atoms with Crippen molar-refractivity contribution in [1.82, 2.24) is 9.88 Å². The Kier molecular flexibility index (Phi) is 6.23. The molecule has 1 aromatic heterocycles. The minimum absolute atomic E-state index is 0.0328. The van der Waals surface area contributed by atoms with Crippen LogP contribution < -0.4 is 5.32 Å². The summed E-state index contributed by atoms with van der Waals surface area (Å²) in [5, 5.41) is 3.63. The highest BCUT2D eigenvalue weighted by Gasteiger charge is 2.18. The van der Waals surface area contributed by atoms with Crippen molar-refractivity contribution in [1.29, 1.82) is 0 Å². The lowest BCUT2D eigenvalue weighted by molar-refractivity contribution is 0.0589. The van der Waals surface area contributed by atoms with Crippen LogP contribution in [0.25, 0.3) is 10.9 Å². The van der Waals surface area contributed by atoms with Crippen LogP contribution in [0, 0.1) is 5.82 Å². The van der Waals surface area contributed by atoms with Gasteiger partial charge in [0.05, 0.1) is 12.1 Å². The van der Waals surface area contributed by atoms with Gasteiger partial charge in [-0.15, -0.1) is 0 Å². The maximum Gasteiger partial charge on any atom is 0.354 e. The van der Waals surface area contributed by atoms with Gasteiger partial charge in [-0.3, -0.25) is 4.79 Å². The number of benzene rings is 3. The molecule has 0 radical (unpaired) electrons. The number of halogens is 2. The molecule has 1 N–H and O–H groups in total. The van der Waals surface area contributed by atoms with Crippen LogP contribution in [0.4, 0.5) is 4.39 Å². The molecule has 0 bridgehead atoms. The van der Waals surface area contributed by atoms with Crippen molar-refractivity contribution >= 4 is 34.4 Å². The van der Waals surface area contributed by atoms with Gasteiger partial charge in [0, 0.05) is 29.6 Å². The number of nitrogens with one attached hydrogen (secondary N) is 1. The minimum atomic E-state index is -0.530. The topological polar surface area (TPSA) is 60.3 Å². The van der Waals surface area contributed by atoms with Gasteiger partial charge in [-0.25, -0.2) is 9.18 Å². The normalized spacial score (nSPS) is 10.8. The van der Waals surface area contributed by atoms with Crippen LogP contribution in [0.1, 0.15) is 32.0 Å². The fourth-order valence-corrected chi connectivity index (χ4v) is 3.67. The Balaban J connectivity index is 1.65. The number of ether oxygens (including phenoxy) is 1. The van der Waals surface area contributed by atoms with Gasteiger partial charge in [-0.2, -0.15) is 0 Å². The van der Waals surface area contributed by atoms with E-state index in [2.05, 4.69) is 5.32 Å². The summed E-state index contributed by atoms with van der Waals surface area (Å²) in [6.07, 6.45) is 0. The molecule has 0 fully saturated rings. The molecule has 3 aromatic carbocycles. The Morgan fingerprint density at radius 3 is 2.50 bits per heavy atom. The average Bonchev–Trinajstić information content (AvgIpc) is 3.17. The van der Waals surface area contributed by atoms with Crippen LogP contribution in [0.3, 0.4) is 0 Å². The number of fused-ring (bicyclic) bond motifs is 1. The minimum Gasteiger partial charge on any atom is -0.464 e. The third-order valence-electron chi connectivity index (χ3n) is 5.18. The van der Waals surface area contributed by atoms with E-state index in [4.69, 9.17) is 16.3 Å². The van der Waals surface area contributed by atoms with Gasteiger partial charge in [-0.05, 0) is 47.5 Å². The largest absolute Gasteiger partial charge is 0.464 e. The zero-order valence-corrected chi connectivity index (χ0v) is 18.0. The molecule has 7 heteroatoms. The van der Waals surface area contributed by atoms with Gasteiger partial charge in [0.1, 0.15) is 11.5 Å². The molecule has 0 aliphatic heterocycles. The van der Waals surface area contributed by atoms with E-state index in [9.17, 15) is 14.0 Å². The highest BCUT2D eigenvalue weighted by molar-refractivity contribution is 6.30. The summed E-state index contributed by atoms with van der Waals surface area (Å²) in [6.45, 7) is 0.649. The van der Waals surface area contributed by atoms with Crippen LogP contribution in [0.5, 0.6) is 0 Å². The van der Waals surface area contributed by atoms with Crippen molar-refractivity contribution in [3.8, 4) is 0 Å². The van der Waals surface area contributed by atoms with E-state index >= 15 is 0 Å². The molecule has 0 atom stereocenters. The Bertz CT molecular complexity index is 1300.